The minimum Gasteiger partial charge on any atom is -0.308 e. The monoisotopic (exact) mass is 724 g/mol. The molecule has 3 heterocycles. The van der Waals surface area contributed by atoms with Gasteiger partial charge in [-0.15, -0.1) is 11.3 Å². The van der Waals surface area contributed by atoms with Crippen LogP contribution in [-0.2, 0) is 6.18 Å². The fraction of sp³-hybridized carbons (Fsp3) is 0.0217. The Balaban J connectivity index is 1.31. The minimum absolute atomic E-state index is 0.404. The first-order chi connectivity index (χ1) is 26.4. The number of fused-ring (bicyclic) bond motifs is 6. The van der Waals surface area contributed by atoms with E-state index in [0.717, 1.165) is 43.9 Å². The number of thiophene rings is 1. The zero-order valence-electron chi connectivity index (χ0n) is 28.4. The van der Waals surface area contributed by atoms with E-state index in [-0.39, 0.29) is 0 Å². The Morgan fingerprint density at radius 1 is 0.444 bits per heavy atom. The topological polar surface area (TPSA) is 43.6 Å². The molecule has 0 aliphatic rings. The van der Waals surface area contributed by atoms with E-state index in [0.29, 0.717) is 39.6 Å². The second kappa shape index (κ2) is 12.5. The summed E-state index contributed by atoms with van der Waals surface area (Å²) < 4.78 is 47.1. The van der Waals surface area contributed by atoms with Crippen LogP contribution in [0.25, 0.3) is 93.0 Å². The first kappa shape index (κ1) is 32.0. The number of alkyl halides is 3. The number of para-hydroxylation sites is 1. The minimum atomic E-state index is -4.52. The van der Waals surface area contributed by atoms with Gasteiger partial charge in [0.1, 0.15) is 0 Å². The first-order valence-corrected chi connectivity index (χ1v) is 18.3. The molecule has 10 aromatic rings. The summed E-state index contributed by atoms with van der Waals surface area (Å²) in [6.07, 6.45) is -4.52. The molecule has 7 aromatic carbocycles. The summed E-state index contributed by atoms with van der Waals surface area (Å²) in [6, 6.07) is 51.9. The molecule has 0 aliphatic heterocycles. The lowest BCUT2D eigenvalue weighted by Crippen LogP contribution is -2.06. The van der Waals surface area contributed by atoms with E-state index in [1.165, 1.54) is 21.5 Å². The highest BCUT2D eigenvalue weighted by atomic mass is 32.1. The second-order valence-corrected chi connectivity index (χ2v) is 14.2. The Morgan fingerprint density at radius 2 is 1.06 bits per heavy atom. The average molecular weight is 725 g/mol. The van der Waals surface area contributed by atoms with Crippen LogP contribution in [0, 0.1) is 0 Å². The highest BCUT2D eigenvalue weighted by Crippen LogP contribution is 2.43. The maximum absolute atomic E-state index is 14.3. The number of hydrogen-bond donors (Lipinski definition) is 0. The molecule has 0 fully saturated rings. The molecular weight excluding hydrogens is 698 g/mol. The van der Waals surface area contributed by atoms with Gasteiger partial charge in [0.15, 0.2) is 17.5 Å². The van der Waals surface area contributed by atoms with Crippen molar-refractivity contribution >= 4 is 53.3 Å². The summed E-state index contributed by atoms with van der Waals surface area (Å²) in [5, 5.41) is 3.92. The summed E-state index contributed by atoms with van der Waals surface area (Å²) in [5.41, 5.74) is 5.41. The largest absolute Gasteiger partial charge is 0.416 e. The SMILES string of the molecule is FC(F)(F)c1ccc2c3ccccc3n(-c3ccc(-c4cccc5c4sc4ccccc45)cc3-c3nc(-c4ccccc4)nc(-c4ccccc4)n3)c2c1. The summed E-state index contributed by atoms with van der Waals surface area (Å²) >= 11 is 1.74. The molecule has 0 spiro atoms. The van der Waals surface area contributed by atoms with E-state index in [1.54, 1.807) is 17.4 Å². The van der Waals surface area contributed by atoms with Crippen molar-refractivity contribution in [1.29, 1.82) is 0 Å². The number of hydrogen-bond acceptors (Lipinski definition) is 4. The lowest BCUT2D eigenvalue weighted by atomic mass is 9.99. The molecule has 0 saturated carbocycles. The highest BCUT2D eigenvalue weighted by Gasteiger charge is 2.31. The molecule has 4 nitrogen and oxygen atoms in total. The van der Waals surface area contributed by atoms with Gasteiger partial charge in [0.05, 0.1) is 22.3 Å². The third-order valence-electron chi connectivity index (χ3n) is 9.89. The van der Waals surface area contributed by atoms with E-state index >= 15 is 0 Å². The second-order valence-electron chi connectivity index (χ2n) is 13.1. The predicted molar refractivity (Wildman–Crippen MR) is 214 cm³/mol. The van der Waals surface area contributed by atoms with Crippen LogP contribution in [0.15, 0.2) is 164 Å². The number of benzene rings is 7. The maximum Gasteiger partial charge on any atom is 0.416 e. The number of nitrogens with zero attached hydrogens (tertiary/aromatic N) is 4. The van der Waals surface area contributed by atoms with Crippen molar-refractivity contribution in [2.24, 2.45) is 0 Å². The smallest absolute Gasteiger partial charge is 0.308 e. The standard InChI is InChI=1S/C46H27F3N4S/c47-46(48,49)31-23-24-34-33-16-7-9-20-38(33)53(40(34)27-31)39-25-22-30(32-18-11-19-36-35-17-8-10-21-41(35)54-42(32)36)26-37(39)45-51-43(28-12-3-1-4-13-28)50-44(52-45)29-14-5-2-6-15-29/h1-27H. The van der Waals surface area contributed by atoms with Gasteiger partial charge in [-0.3, -0.25) is 0 Å². The lowest BCUT2D eigenvalue weighted by molar-refractivity contribution is -0.137. The van der Waals surface area contributed by atoms with E-state index in [4.69, 9.17) is 15.0 Å². The predicted octanol–water partition coefficient (Wildman–Crippen LogP) is 13.0. The molecule has 8 heteroatoms. The van der Waals surface area contributed by atoms with Crippen molar-refractivity contribution < 1.29 is 13.2 Å². The third-order valence-corrected chi connectivity index (χ3v) is 11.1. The van der Waals surface area contributed by atoms with E-state index in [2.05, 4.69) is 48.5 Å². The normalized spacial score (nSPS) is 12.0. The van der Waals surface area contributed by atoms with Crippen LogP contribution < -0.4 is 0 Å². The fourth-order valence-electron chi connectivity index (χ4n) is 7.39. The molecule has 0 bridgehead atoms. The molecule has 0 N–H and O–H groups in total. The Labute approximate surface area is 311 Å². The summed E-state index contributed by atoms with van der Waals surface area (Å²) in [6.45, 7) is 0. The summed E-state index contributed by atoms with van der Waals surface area (Å²) in [7, 11) is 0. The molecule has 54 heavy (non-hydrogen) atoms. The molecule has 0 saturated heterocycles. The number of halogens is 3. The van der Waals surface area contributed by atoms with Crippen LogP contribution >= 0.6 is 11.3 Å². The van der Waals surface area contributed by atoms with Crippen LogP contribution in [0.2, 0.25) is 0 Å². The Bertz CT molecular complexity index is 2980. The maximum atomic E-state index is 14.3. The van der Waals surface area contributed by atoms with Gasteiger partial charge in [-0.2, -0.15) is 13.2 Å². The van der Waals surface area contributed by atoms with Crippen molar-refractivity contribution in [2.45, 2.75) is 6.18 Å². The van der Waals surface area contributed by atoms with Gasteiger partial charge in [-0.1, -0.05) is 127 Å². The van der Waals surface area contributed by atoms with Gasteiger partial charge in [0.2, 0.25) is 0 Å². The van der Waals surface area contributed by atoms with Crippen molar-refractivity contribution in [3.05, 3.63) is 169 Å². The third kappa shape index (κ3) is 5.33. The first-order valence-electron chi connectivity index (χ1n) is 17.4. The molecule has 3 aromatic heterocycles. The van der Waals surface area contributed by atoms with Gasteiger partial charge in [0.25, 0.3) is 0 Å². The molecule has 10 rings (SSSR count). The van der Waals surface area contributed by atoms with Crippen LogP contribution in [0.3, 0.4) is 0 Å². The number of aromatic nitrogens is 4. The average Bonchev–Trinajstić information content (AvgIpc) is 3.76. The molecule has 0 atom stereocenters. The van der Waals surface area contributed by atoms with Crippen LogP contribution in [0.1, 0.15) is 5.56 Å². The van der Waals surface area contributed by atoms with Gasteiger partial charge >= 0.3 is 6.18 Å². The van der Waals surface area contributed by atoms with Crippen molar-refractivity contribution in [1.82, 2.24) is 19.5 Å². The Morgan fingerprint density at radius 3 is 1.78 bits per heavy atom. The molecule has 0 unspecified atom stereocenters. The van der Waals surface area contributed by atoms with Crippen LogP contribution in [0.4, 0.5) is 13.2 Å². The molecule has 0 radical (unpaired) electrons. The van der Waals surface area contributed by atoms with E-state index < -0.39 is 11.7 Å². The van der Waals surface area contributed by atoms with Gasteiger partial charge < -0.3 is 4.57 Å². The van der Waals surface area contributed by atoms with Crippen LogP contribution in [0.5, 0.6) is 0 Å². The zero-order valence-corrected chi connectivity index (χ0v) is 29.2. The summed E-state index contributed by atoms with van der Waals surface area (Å²) in [5.74, 6) is 1.38. The van der Waals surface area contributed by atoms with Crippen molar-refractivity contribution in [3.8, 4) is 51.0 Å². The van der Waals surface area contributed by atoms with E-state index in [9.17, 15) is 13.2 Å². The van der Waals surface area contributed by atoms with Crippen molar-refractivity contribution in [3.63, 3.8) is 0 Å². The van der Waals surface area contributed by atoms with Gasteiger partial charge in [-0.25, -0.2) is 15.0 Å². The van der Waals surface area contributed by atoms with Crippen LogP contribution in [-0.4, -0.2) is 19.5 Å². The van der Waals surface area contributed by atoms with Gasteiger partial charge in [0, 0.05) is 47.6 Å². The lowest BCUT2D eigenvalue weighted by Gasteiger charge is -2.17. The molecular formula is C46H27F3N4S. The Hall–Kier alpha value is -6.64. The quantitative estimate of drug-likeness (QED) is 0.177. The summed E-state index contributed by atoms with van der Waals surface area (Å²) in [4.78, 5) is 15.1. The molecule has 258 valence electrons. The van der Waals surface area contributed by atoms with Gasteiger partial charge in [-0.05, 0) is 47.5 Å². The zero-order chi connectivity index (χ0) is 36.4. The van der Waals surface area contributed by atoms with Crippen molar-refractivity contribution in [2.75, 3.05) is 0 Å². The highest BCUT2D eigenvalue weighted by molar-refractivity contribution is 7.26. The molecule has 0 amide bonds. The number of rotatable bonds is 5. The molecule has 0 aliphatic carbocycles. The van der Waals surface area contributed by atoms with E-state index in [1.807, 2.05) is 102 Å². The Kier molecular flexibility index (Phi) is 7.42. The fourth-order valence-corrected chi connectivity index (χ4v) is 8.63.